The maximum Gasteiger partial charge on any atom is 0.333 e. The predicted octanol–water partition coefficient (Wildman–Crippen LogP) is 1.72. The first-order valence-corrected chi connectivity index (χ1v) is 7.10. The molecule has 0 aromatic carbocycles. The second-order valence-electron chi connectivity index (χ2n) is 5.52. The van der Waals surface area contributed by atoms with Crippen LogP contribution in [0, 0.1) is 23.0 Å². The number of hydrogen-bond donors (Lipinski definition) is 1. The maximum absolute atomic E-state index is 11.3. The van der Waals surface area contributed by atoms with E-state index in [1.165, 1.54) is 0 Å². The average molecular weight is 282 g/mol. The number of β-amino-alcohol motifs (C(OH)–C–C–N with tert-alkyl or cyclic N) is 1. The van der Waals surface area contributed by atoms with Gasteiger partial charge in [-0.15, -0.1) is 0 Å². The van der Waals surface area contributed by atoms with Crippen LogP contribution in [0.15, 0.2) is 0 Å². The first-order chi connectivity index (χ1) is 9.45. The van der Waals surface area contributed by atoms with Gasteiger partial charge in [0.2, 0.25) is 5.82 Å². The van der Waals surface area contributed by atoms with E-state index in [1.54, 1.807) is 11.6 Å². The van der Waals surface area contributed by atoms with Crippen molar-refractivity contribution in [3.05, 3.63) is 15.8 Å². The van der Waals surface area contributed by atoms with Crippen LogP contribution in [0.25, 0.3) is 0 Å². The summed E-state index contributed by atoms with van der Waals surface area (Å²) in [5, 5.41) is 25.6. The summed E-state index contributed by atoms with van der Waals surface area (Å²) < 4.78 is 1.70. The first kappa shape index (κ1) is 14.8. The topological polar surface area (TPSA) is 84.4 Å². The van der Waals surface area contributed by atoms with Crippen LogP contribution in [-0.4, -0.2) is 39.0 Å². The quantitative estimate of drug-likeness (QED) is 0.671. The van der Waals surface area contributed by atoms with Gasteiger partial charge >= 0.3 is 5.69 Å². The van der Waals surface area contributed by atoms with Crippen molar-refractivity contribution < 1.29 is 10.0 Å². The van der Waals surface area contributed by atoms with E-state index in [9.17, 15) is 15.2 Å². The second-order valence-corrected chi connectivity index (χ2v) is 5.52. The van der Waals surface area contributed by atoms with Gasteiger partial charge < -0.3 is 10.0 Å². The smallest absolute Gasteiger partial charge is 0.333 e. The number of rotatable bonds is 4. The van der Waals surface area contributed by atoms with E-state index < -0.39 is 6.10 Å². The van der Waals surface area contributed by atoms with Crippen molar-refractivity contribution in [1.29, 1.82) is 0 Å². The average Bonchev–Trinajstić information content (AvgIpc) is 2.70. The van der Waals surface area contributed by atoms with Crippen molar-refractivity contribution >= 4 is 11.5 Å². The molecule has 2 unspecified atom stereocenters. The van der Waals surface area contributed by atoms with E-state index in [2.05, 4.69) is 5.10 Å². The molecule has 0 spiro atoms. The Balaban J connectivity index is 2.40. The van der Waals surface area contributed by atoms with Gasteiger partial charge in [0.25, 0.3) is 0 Å². The number of aliphatic hydroxyl groups is 1. The minimum absolute atomic E-state index is 0.0696. The molecule has 7 nitrogen and oxygen atoms in total. The third-order valence-corrected chi connectivity index (χ3v) is 3.91. The van der Waals surface area contributed by atoms with Gasteiger partial charge in [0.1, 0.15) is 5.69 Å². The number of anilines is 1. The Bertz CT molecular complexity index is 500. The van der Waals surface area contributed by atoms with Crippen molar-refractivity contribution in [3.63, 3.8) is 0 Å². The molecule has 1 aromatic heterocycles. The summed E-state index contributed by atoms with van der Waals surface area (Å²) in [4.78, 5) is 12.8. The lowest BCUT2D eigenvalue weighted by atomic mass is 9.96. The highest BCUT2D eigenvalue weighted by molar-refractivity contribution is 5.61. The molecule has 1 aliphatic rings. The zero-order chi connectivity index (χ0) is 14.9. The first-order valence-electron chi connectivity index (χ1n) is 7.10. The molecule has 112 valence electrons. The Morgan fingerprint density at radius 2 is 2.25 bits per heavy atom. The SMILES string of the molecule is CCCn1nc(C)c([N+](=O)[O-])c1N1CCC(C)C(O)C1. The molecule has 0 amide bonds. The number of nitro groups is 1. The highest BCUT2D eigenvalue weighted by Crippen LogP contribution is 2.34. The van der Waals surface area contributed by atoms with Gasteiger partial charge in [-0.1, -0.05) is 13.8 Å². The van der Waals surface area contributed by atoms with Crippen LogP contribution in [0.2, 0.25) is 0 Å². The third-order valence-electron chi connectivity index (χ3n) is 3.91. The van der Waals surface area contributed by atoms with Gasteiger partial charge in [-0.3, -0.25) is 10.1 Å². The molecule has 0 saturated carbocycles. The fourth-order valence-corrected chi connectivity index (χ4v) is 2.70. The lowest BCUT2D eigenvalue weighted by molar-refractivity contribution is -0.384. The number of nitrogens with zero attached hydrogens (tertiary/aromatic N) is 4. The standard InChI is InChI=1S/C13H22N4O3/c1-4-6-16-13(12(17(19)20)10(3)14-16)15-7-5-9(2)11(18)8-15/h9,11,18H,4-8H2,1-3H3. The Morgan fingerprint density at radius 1 is 1.55 bits per heavy atom. The van der Waals surface area contributed by atoms with Crippen molar-refractivity contribution in [2.75, 3.05) is 18.0 Å². The van der Waals surface area contributed by atoms with Gasteiger partial charge in [-0.25, -0.2) is 4.68 Å². The lowest BCUT2D eigenvalue weighted by Gasteiger charge is -2.35. The molecule has 1 fully saturated rings. The molecule has 1 saturated heterocycles. The molecule has 1 aliphatic heterocycles. The summed E-state index contributed by atoms with van der Waals surface area (Å²) in [5.74, 6) is 0.772. The van der Waals surface area contributed by atoms with Crippen LogP contribution in [0.1, 0.15) is 32.4 Å². The molecule has 0 aliphatic carbocycles. The maximum atomic E-state index is 11.3. The van der Waals surface area contributed by atoms with E-state index in [4.69, 9.17) is 0 Å². The Labute approximate surface area is 118 Å². The highest BCUT2D eigenvalue weighted by Gasteiger charge is 2.33. The fraction of sp³-hybridized carbons (Fsp3) is 0.769. The fourth-order valence-electron chi connectivity index (χ4n) is 2.70. The van der Waals surface area contributed by atoms with Gasteiger partial charge in [-0.05, 0) is 25.7 Å². The third kappa shape index (κ3) is 2.63. The van der Waals surface area contributed by atoms with Crippen LogP contribution >= 0.6 is 0 Å². The van der Waals surface area contributed by atoms with Crippen LogP contribution in [-0.2, 0) is 6.54 Å². The zero-order valence-corrected chi connectivity index (χ0v) is 12.2. The van der Waals surface area contributed by atoms with Crippen molar-refractivity contribution in [2.24, 2.45) is 5.92 Å². The minimum Gasteiger partial charge on any atom is -0.391 e. The van der Waals surface area contributed by atoms with E-state index >= 15 is 0 Å². The van der Waals surface area contributed by atoms with E-state index in [-0.39, 0.29) is 16.5 Å². The normalized spacial score (nSPS) is 23.1. The summed E-state index contributed by atoms with van der Waals surface area (Å²) in [6.45, 7) is 7.47. The monoisotopic (exact) mass is 282 g/mol. The molecule has 0 radical (unpaired) electrons. The summed E-state index contributed by atoms with van der Waals surface area (Å²) in [5.41, 5.74) is 0.506. The van der Waals surface area contributed by atoms with Gasteiger partial charge in [0.05, 0.1) is 11.0 Å². The Kier molecular flexibility index (Phi) is 4.27. The van der Waals surface area contributed by atoms with E-state index in [1.807, 2.05) is 18.7 Å². The predicted molar refractivity (Wildman–Crippen MR) is 75.9 cm³/mol. The van der Waals surface area contributed by atoms with Gasteiger partial charge in [0.15, 0.2) is 0 Å². The van der Waals surface area contributed by atoms with Crippen LogP contribution in [0.5, 0.6) is 0 Å². The summed E-state index contributed by atoms with van der Waals surface area (Å²) >= 11 is 0. The molecule has 2 heterocycles. The van der Waals surface area contributed by atoms with E-state index in [0.717, 1.165) is 12.8 Å². The second kappa shape index (κ2) is 5.78. The number of hydrogen-bond acceptors (Lipinski definition) is 5. The molecule has 2 rings (SSSR count). The molecular weight excluding hydrogens is 260 g/mol. The highest BCUT2D eigenvalue weighted by atomic mass is 16.6. The van der Waals surface area contributed by atoms with Crippen LogP contribution in [0.3, 0.4) is 0 Å². The summed E-state index contributed by atoms with van der Waals surface area (Å²) in [6, 6.07) is 0. The molecule has 1 aromatic rings. The van der Waals surface area contributed by atoms with Crippen molar-refractivity contribution in [1.82, 2.24) is 9.78 Å². The van der Waals surface area contributed by atoms with Crippen molar-refractivity contribution in [2.45, 2.75) is 46.3 Å². The Morgan fingerprint density at radius 3 is 2.80 bits per heavy atom. The number of aliphatic hydroxyl groups excluding tert-OH is 1. The zero-order valence-electron chi connectivity index (χ0n) is 12.2. The van der Waals surface area contributed by atoms with Crippen LogP contribution in [0.4, 0.5) is 11.5 Å². The molecule has 20 heavy (non-hydrogen) atoms. The number of aryl methyl sites for hydroxylation is 2. The lowest BCUT2D eigenvalue weighted by Crippen LogP contribution is -2.44. The molecule has 1 N–H and O–H groups in total. The number of aromatic nitrogens is 2. The molecular formula is C13H22N4O3. The van der Waals surface area contributed by atoms with Crippen molar-refractivity contribution in [3.8, 4) is 0 Å². The molecule has 7 heteroatoms. The summed E-state index contributed by atoms with van der Waals surface area (Å²) in [7, 11) is 0. The van der Waals surface area contributed by atoms with Gasteiger partial charge in [0, 0.05) is 19.6 Å². The molecule has 0 bridgehead atoms. The minimum atomic E-state index is -0.450. The Hall–Kier alpha value is -1.63. The van der Waals surface area contributed by atoms with Crippen LogP contribution < -0.4 is 4.90 Å². The van der Waals surface area contributed by atoms with Gasteiger partial charge in [-0.2, -0.15) is 5.10 Å². The largest absolute Gasteiger partial charge is 0.391 e. The summed E-state index contributed by atoms with van der Waals surface area (Å²) in [6.07, 6.45) is 1.24. The molecule has 2 atom stereocenters. The number of piperidine rings is 1. The van der Waals surface area contributed by atoms with E-state index in [0.29, 0.717) is 31.1 Å².